The van der Waals surface area contributed by atoms with E-state index in [-0.39, 0.29) is 0 Å². The molecule has 0 amide bonds. The number of halogens is 1. The maximum Gasteiger partial charge on any atom is 0.0135 e. The summed E-state index contributed by atoms with van der Waals surface area (Å²) in [5.41, 5.74) is 0.487. The third kappa shape index (κ3) is 2.44. The quantitative estimate of drug-likeness (QED) is 0.512. The van der Waals surface area contributed by atoms with Gasteiger partial charge in [-0.15, -0.1) is 0 Å². The van der Waals surface area contributed by atoms with Crippen molar-refractivity contribution in [2.24, 2.45) is 11.3 Å². The molecule has 0 aliphatic rings. The van der Waals surface area contributed by atoms with Gasteiger partial charge in [0.2, 0.25) is 0 Å². The lowest BCUT2D eigenvalue weighted by molar-refractivity contribution is 0.257. The van der Waals surface area contributed by atoms with Crippen molar-refractivity contribution in [3.8, 4) is 0 Å². The maximum atomic E-state index is 2.50. The second kappa shape index (κ2) is 3.22. The summed E-state index contributed by atoms with van der Waals surface area (Å²) in [6.45, 7) is 11.5. The Labute approximate surface area is 72.6 Å². The highest BCUT2D eigenvalue weighted by Gasteiger charge is 2.26. The largest absolute Gasteiger partial charge is 0.0823 e. The second-order valence-electron chi connectivity index (χ2n) is 3.59. The van der Waals surface area contributed by atoms with Crippen molar-refractivity contribution >= 4 is 22.6 Å². The Morgan fingerprint density at radius 3 is 1.44 bits per heavy atom. The van der Waals surface area contributed by atoms with Gasteiger partial charge < -0.3 is 0 Å². The first kappa shape index (κ1) is 9.73. The van der Waals surface area contributed by atoms with Gasteiger partial charge in [-0.2, -0.15) is 0 Å². The number of hydrogen-bond acceptors (Lipinski definition) is 0. The average molecular weight is 240 g/mol. The molecule has 0 N–H and O–H groups in total. The molecule has 0 aromatic carbocycles. The lowest BCUT2D eigenvalue weighted by Gasteiger charge is -2.32. The Hall–Kier alpha value is 0.730. The summed E-state index contributed by atoms with van der Waals surface area (Å²) < 4.78 is 0.759. The van der Waals surface area contributed by atoms with Crippen LogP contribution in [0.25, 0.3) is 0 Å². The van der Waals surface area contributed by atoms with E-state index in [2.05, 4.69) is 57.2 Å². The van der Waals surface area contributed by atoms with Crippen LogP contribution in [0.3, 0.4) is 0 Å². The molecule has 9 heavy (non-hydrogen) atoms. The van der Waals surface area contributed by atoms with Crippen molar-refractivity contribution in [1.82, 2.24) is 0 Å². The molecule has 0 bridgehead atoms. The number of alkyl halides is 1. The molecule has 0 heterocycles. The first-order chi connectivity index (χ1) is 3.89. The molecule has 1 unspecified atom stereocenters. The monoisotopic (exact) mass is 240 g/mol. The zero-order valence-corrected chi connectivity index (χ0v) is 9.19. The van der Waals surface area contributed by atoms with E-state index in [1.807, 2.05) is 0 Å². The SMILES string of the molecule is CC(C)C(C)(C)C(C)I. The van der Waals surface area contributed by atoms with Crippen LogP contribution in [-0.4, -0.2) is 3.92 Å². The second-order valence-corrected chi connectivity index (χ2v) is 5.46. The van der Waals surface area contributed by atoms with E-state index >= 15 is 0 Å². The van der Waals surface area contributed by atoms with Crippen LogP contribution in [0.5, 0.6) is 0 Å². The predicted octanol–water partition coefficient (Wildman–Crippen LogP) is 3.49. The average Bonchev–Trinajstić information content (AvgIpc) is 1.65. The smallest absolute Gasteiger partial charge is 0.0135 e. The van der Waals surface area contributed by atoms with Crippen molar-refractivity contribution < 1.29 is 0 Å². The van der Waals surface area contributed by atoms with Crippen LogP contribution >= 0.6 is 22.6 Å². The summed E-state index contributed by atoms with van der Waals surface area (Å²) in [6.07, 6.45) is 0. The summed E-state index contributed by atoms with van der Waals surface area (Å²) in [4.78, 5) is 0. The molecule has 0 aromatic heterocycles. The van der Waals surface area contributed by atoms with Gasteiger partial charge in [-0.25, -0.2) is 0 Å². The predicted molar refractivity (Wildman–Crippen MR) is 52.1 cm³/mol. The molecule has 0 fully saturated rings. The maximum absolute atomic E-state index is 2.50. The zero-order chi connectivity index (χ0) is 7.65. The van der Waals surface area contributed by atoms with Crippen molar-refractivity contribution in [3.63, 3.8) is 0 Å². The molecule has 0 aliphatic carbocycles. The lowest BCUT2D eigenvalue weighted by atomic mass is 9.79. The van der Waals surface area contributed by atoms with Crippen LogP contribution in [0.4, 0.5) is 0 Å². The van der Waals surface area contributed by atoms with Gasteiger partial charge in [-0.05, 0) is 11.3 Å². The molecule has 0 saturated carbocycles. The number of hydrogen-bond donors (Lipinski definition) is 0. The van der Waals surface area contributed by atoms with E-state index in [1.54, 1.807) is 0 Å². The van der Waals surface area contributed by atoms with Crippen molar-refractivity contribution in [1.29, 1.82) is 0 Å². The fraction of sp³-hybridized carbons (Fsp3) is 1.00. The molecule has 56 valence electrons. The summed E-state index contributed by atoms with van der Waals surface area (Å²) in [5, 5.41) is 0. The molecule has 1 atom stereocenters. The summed E-state index contributed by atoms with van der Waals surface area (Å²) in [6, 6.07) is 0. The van der Waals surface area contributed by atoms with Gasteiger partial charge in [0.25, 0.3) is 0 Å². The van der Waals surface area contributed by atoms with E-state index in [4.69, 9.17) is 0 Å². The van der Waals surface area contributed by atoms with Crippen molar-refractivity contribution in [3.05, 3.63) is 0 Å². The topological polar surface area (TPSA) is 0 Å². The minimum Gasteiger partial charge on any atom is -0.0823 e. The van der Waals surface area contributed by atoms with Crippen molar-refractivity contribution in [2.45, 2.75) is 38.5 Å². The summed E-state index contributed by atoms with van der Waals surface area (Å²) in [5.74, 6) is 0.782. The van der Waals surface area contributed by atoms with E-state index in [0.717, 1.165) is 9.84 Å². The summed E-state index contributed by atoms with van der Waals surface area (Å²) >= 11 is 2.50. The minimum atomic E-state index is 0.487. The van der Waals surface area contributed by atoms with Crippen LogP contribution in [0.2, 0.25) is 0 Å². The van der Waals surface area contributed by atoms with Crippen LogP contribution in [0, 0.1) is 11.3 Å². The Kier molecular flexibility index (Phi) is 3.48. The minimum absolute atomic E-state index is 0.487. The Bertz CT molecular complexity index is 72.6. The van der Waals surface area contributed by atoms with Gasteiger partial charge in [0.15, 0.2) is 0 Å². The van der Waals surface area contributed by atoms with E-state index in [1.165, 1.54) is 0 Å². The number of rotatable bonds is 2. The molecule has 0 aromatic rings. The third-order valence-electron chi connectivity index (χ3n) is 2.51. The molecule has 0 aliphatic heterocycles. The lowest BCUT2D eigenvalue weighted by Crippen LogP contribution is -2.27. The Balaban J connectivity index is 4.01. The standard InChI is InChI=1S/C8H17I/c1-6(2)8(4,5)7(3)9/h6-7H,1-5H3. The van der Waals surface area contributed by atoms with E-state index < -0.39 is 0 Å². The van der Waals surface area contributed by atoms with Gasteiger partial charge in [0.05, 0.1) is 0 Å². The first-order valence-corrected chi connectivity index (χ1v) is 4.77. The van der Waals surface area contributed by atoms with E-state index in [9.17, 15) is 0 Å². The third-order valence-corrected chi connectivity index (χ3v) is 4.12. The molecule has 0 spiro atoms. The van der Waals surface area contributed by atoms with Crippen LogP contribution in [-0.2, 0) is 0 Å². The normalized spacial score (nSPS) is 16.3. The summed E-state index contributed by atoms with van der Waals surface area (Å²) in [7, 11) is 0. The van der Waals surface area contributed by atoms with Gasteiger partial charge in [0.1, 0.15) is 0 Å². The Morgan fingerprint density at radius 1 is 1.11 bits per heavy atom. The fourth-order valence-electron chi connectivity index (χ4n) is 0.459. The van der Waals surface area contributed by atoms with Crippen LogP contribution in [0.15, 0.2) is 0 Å². The van der Waals surface area contributed by atoms with E-state index in [0.29, 0.717) is 5.41 Å². The van der Waals surface area contributed by atoms with Gasteiger partial charge in [-0.1, -0.05) is 57.2 Å². The molecular formula is C8H17I. The highest BCUT2D eigenvalue weighted by Crippen LogP contribution is 2.34. The molecule has 0 nitrogen and oxygen atoms in total. The van der Waals surface area contributed by atoms with Crippen LogP contribution < -0.4 is 0 Å². The van der Waals surface area contributed by atoms with Crippen LogP contribution in [0.1, 0.15) is 34.6 Å². The molecule has 0 saturated heterocycles. The Morgan fingerprint density at radius 2 is 1.44 bits per heavy atom. The fourth-order valence-corrected chi connectivity index (χ4v) is 1.18. The molecule has 1 heteroatoms. The van der Waals surface area contributed by atoms with Gasteiger partial charge in [0, 0.05) is 3.92 Å². The highest BCUT2D eigenvalue weighted by molar-refractivity contribution is 14.1. The molecular weight excluding hydrogens is 223 g/mol. The highest BCUT2D eigenvalue weighted by atomic mass is 127. The van der Waals surface area contributed by atoms with Gasteiger partial charge in [-0.3, -0.25) is 0 Å². The molecule has 0 rings (SSSR count). The first-order valence-electron chi connectivity index (χ1n) is 3.53. The molecule has 0 radical (unpaired) electrons. The van der Waals surface area contributed by atoms with Gasteiger partial charge >= 0.3 is 0 Å². The van der Waals surface area contributed by atoms with Crippen molar-refractivity contribution in [2.75, 3.05) is 0 Å². The zero-order valence-electron chi connectivity index (χ0n) is 7.03.